The van der Waals surface area contributed by atoms with Crippen LogP contribution in [-0.2, 0) is 4.74 Å². The number of carbonyl (C=O) groups excluding carboxylic acids is 1. The number of hydrogen-bond donors (Lipinski definition) is 0. The molecule has 0 radical (unpaired) electrons. The number of hydrogen-bond acceptors (Lipinski definition) is 4. The van der Waals surface area contributed by atoms with Gasteiger partial charge in [-0.3, -0.25) is 14.9 Å². The fourth-order valence-electron chi connectivity index (χ4n) is 1.67. The Morgan fingerprint density at radius 1 is 1.33 bits per heavy atom. The molecule has 1 fully saturated rings. The Morgan fingerprint density at radius 3 is 2.56 bits per heavy atom. The molecule has 0 N–H and O–H groups in total. The van der Waals surface area contributed by atoms with Crippen molar-refractivity contribution in [1.82, 2.24) is 0 Å². The summed E-state index contributed by atoms with van der Waals surface area (Å²) in [6.45, 7) is 0.661. The van der Waals surface area contributed by atoms with Crippen molar-refractivity contribution in [3.8, 4) is 0 Å². The van der Waals surface area contributed by atoms with E-state index >= 15 is 0 Å². The number of benzene rings is 1. The van der Waals surface area contributed by atoms with Gasteiger partial charge in [0.1, 0.15) is 6.61 Å². The van der Waals surface area contributed by atoms with E-state index in [1.54, 1.807) is 0 Å². The highest BCUT2D eigenvalue weighted by Gasteiger charge is 2.20. The molecule has 0 bridgehead atoms. The summed E-state index contributed by atoms with van der Waals surface area (Å²) in [7, 11) is 0. The highest BCUT2D eigenvalue weighted by atomic mass is 16.6. The van der Waals surface area contributed by atoms with E-state index in [9.17, 15) is 14.9 Å². The fraction of sp³-hybridized carbons (Fsp3) is 0.462. The van der Waals surface area contributed by atoms with Crippen molar-refractivity contribution < 1.29 is 14.5 Å². The Hall–Kier alpha value is -1.75. The molecule has 1 aliphatic carbocycles. The lowest BCUT2D eigenvalue weighted by molar-refractivity contribution is -0.384. The number of nitro groups is 1. The normalized spacial score (nSPS) is 14.4. The second kappa shape index (κ2) is 5.73. The predicted octanol–water partition coefficient (Wildman–Crippen LogP) is 2.59. The Balaban J connectivity index is 1.78. The van der Waals surface area contributed by atoms with Crippen molar-refractivity contribution in [1.29, 1.82) is 0 Å². The van der Waals surface area contributed by atoms with Gasteiger partial charge in [0.2, 0.25) is 0 Å². The van der Waals surface area contributed by atoms with Gasteiger partial charge in [0.15, 0.2) is 5.78 Å². The molecular weight excluding hydrogens is 234 g/mol. The molecule has 0 atom stereocenters. The van der Waals surface area contributed by atoms with Crippen molar-refractivity contribution in [2.24, 2.45) is 5.92 Å². The van der Waals surface area contributed by atoms with E-state index in [4.69, 9.17) is 4.74 Å². The zero-order valence-corrected chi connectivity index (χ0v) is 10.0. The summed E-state index contributed by atoms with van der Waals surface area (Å²) in [5.41, 5.74) is 0.438. The van der Waals surface area contributed by atoms with E-state index in [1.165, 1.54) is 37.1 Å². The zero-order valence-electron chi connectivity index (χ0n) is 10.0. The van der Waals surface area contributed by atoms with E-state index in [0.717, 1.165) is 12.3 Å². The van der Waals surface area contributed by atoms with Crippen LogP contribution in [-0.4, -0.2) is 23.9 Å². The summed E-state index contributed by atoms with van der Waals surface area (Å²) in [5, 5.41) is 10.5. The summed E-state index contributed by atoms with van der Waals surface area (Å²) in [6, 6.07) is 5.59. The molecule has 0 heterocycles. The molecule has 1 aliphatic rings. The van der Waals surface area contributed by atoms with Gasteiger partial charge >= 0.3 is 0 Å². The maximum atomic E-state index is 11.7. The SMILES string of the molecule is O=C(COCCC1CC1)c1ccc([N+](=O)[O-])cc1. The molecule has 0 saturated heterocycles. The summed E-state index contributed by atoms with van der Waals surface area (Å²) < 4.78 is 5.29. The van der Waals surface area contributed by atoms with Gasteiger partial charge in [0, 0.05) is 24.3 Å². The first-order valence-electron chi connectivity index (χ1n) is 6.02. The third-order valence-corrected chi connectivity index (χ3v) is 3.00. The lowest BCUT2D eigenvalue weighted by Crippen LogP contribution is -2.10. The monoisotopic (exact) mass is 249 g/mol. The number of non-ortho nitro benzene ring substituents is 1. The molecular formula is C13H15NO4. The molecule has 0 unspecified atom stereocenters. The number of nitrogens with zero attached hydrogens (tertiary/aromatic N) is 1. The number of rotatable bonds is 7. The molecule has 0 aromatic heterocycles. The topological polar surface area (TPSA) is 69.4 Å². The largest absolute Gasteiger partial charge is 0.373 e. The summed E-state index contributed by atoms with van der Waals surface area (Å²) >= 11 is 0. The summed E-state index contributed by atoms with van der Waals surface area (Å²) in [6.07, 6.45) is 3.58. The first-order chi connectivity index (χ1) is 8.66. The number of ketones is 1. The molecule has 0 aliphatic heterocycles. The second-order valence-corrected chi connectivity index (χ2v) is 4.51. The fourth-order valence-corrected chi connectivity index (χ4v) is 1.67. The maximum Gasteiger partial charge on any atom is 0.269 e. The van der Waals surface area contributed by atoms with Crippen LogP contribution in [0.4, 0.5) is 5.69 Å². The second-order valence-electron chi connectivity index (χ2n) is 4.51. The van der Waals surface area contributed by atoms with Gasteiger partial charge < -0.3 is 4.74 Å². The molecule has 5 heteroatoms. The van der Waals surface area contributed by atoms with E-state index < -0.39 is 4.92 Å². The number of ether oxygens (including phenoxy) is 1. The van der Waals surface area contributed by atoms with Crippen LogP contribution < -0.4 is 0 Å². The van der Waals surface area contributed by atoms with Crippen LogP contribution in [0.15, 0.2) is 24.3 Å². The molecule has 18 heavy (non-hydrogen) atoms. The van der Waals surface area contributed by atoms with E-state index in [-0.39, 0.29) is 18.1 Å². The molecule has 0 amide bonds. The maximum absolute atomic E-state index is 11.7. The van der Waals surface area contributed by atoms with E-state index in [0.29, 0.717) is 12.2 Å². The number of Topliss-reactive ketones (excluding diaryl/α,β-unsaturated/α-hetero) is 1. The van der Waals surface area contributed by atoms with Crippen LogP contribution in [0, 0.1) is 16.0 Å². The molecule has 1 aromatic carbocycles. The smallest absolute Gasteiger partial charge is 0.269 e. The third kappa shape index (κ3) is 3.63. The minimum absolute atomic E-state index is 0.0128. The average molecular weight is 249 g/mol. The first-order valence-corrected chi connectivity index (χ1v) is 6.02. The van der Waals surface area contributed by atoms with Crippen molar-refractivity contribution in [3.63, 3.8) is 0 Å². The van der Waals surface area contributed by atoms with Gasteiger partial charge in [-0.05, 0) is 24.5 Å². The van der Waals surface area contributed by atoms with Crippen molar-refractivity contribution in [2.45, 2.75) is 19.3 Å². The summed E-state index contributed by atoms with van der Waals surface area (Å²) in [5.74, 6) is 0.653. The molecule has 5 nitrogen and oxygen atoms in total. The van der Waals surface area contributed by atoms with Crippen LogP contribution in [0.3, 0.4) is 0 Å². The molecule has 96 valence electrons. The molecule has 1 saturated carbocycles. The van der Waals surface area contributed by atoms with Crippen molar-refractivity contribution >= 4 is 11.5 Å². The Morgan fingerprint density at radius 2 is 2.00 bits per heavy atom. The van der Waals surface area contributed by atoms with Crippen molar-refractivity contribution in [3.05, 3.63) is 39.9 Å². The standard InChI is InChI=1S/C13H15NO4/c15-13(9-18-8-7-10-1-2-10)11-3-5-12(6-4-11)14(16)17/h3-6,10H,1-2,7-9H2. The Labute approximate surface area is 105 Å². The van der Waals surface area contributed by atoms with Crippen LogP contribution in [0.2, 0.25) is 0 Å². The third-order valence-electron chi connectivity index (χ3n) is 3.00. The zero-order chi connectivity index (χ0) is 13.0. The highest BCUT2D eigenvalue weighted by Crippen LogP contribution is 2.32. The highest BCUT2D eigenvalue weighted by molar-refractivity contribution is 5.97. The van der Waals surface area contributed by atoms with Crippen LogP contribution >= 0.6 is 0 Å². The molecule has 0 spiro atoms. The van der Waals surface area contributed by atoms with Gasteiger partial charge in [-0.1, -0.05) is 12.8 Å². The van der Waals surface area contributed by atoms with Gasteiger partial charge in [-0.2, -0.15) is 0 Å². The number of carbonyl (C=O) groups is 1. The van der Waals surface area contributed by atoms with Gasteiger partial charge in [-0.25, -0.2) is 0 Å². The van der Waals surface area contributed by atoms with Crippen LogP contribution in [0.5, 0.6) is 0 Å². The number of nitro benzene ring substituents is 1. The van der Waals surface area contributed by atoms with Crippen molar-refractivity contribution in [2.75, 3.05) is 13.2 Å². The average Bonchev–Trinajstić information content (AvgIpc) is 3.18. The molecule has 2 rings (SSSR count). The van der Waals surface area contributed by atoms with E-state index in [2.05, 4.69) is 0 Å². The Bertz CT molecular complexity index is 437. The van der Waals surface area contributed by atoms with E-state index in [1.807, 2.05) is 0 Å². The quantitative estimate of drug-likeness (QED) is 0.322. The van der Waals surface area contributed by atoms with Crippen LogP contribution in [0.1, 0.15) is 29.6 Å². The summed E-state index contributed by atoms with van der Waals surface area (Å²) in [4.78, 5) is 21.7. The van der Waals surface area contributed by atoms with Gasteiger partial charge in [0.05, 0.1) is 4.92 Å². The Kier molecular flexibility index (Phi) is 4.04. The lowest BCUT2D eigenvalue weighted by atomic mass is 10.1. The first kappa shape index (κ1) is 12.7. The molecule has 1 aromatic rings. The minimum Gasteiger partial charge on any atom is -0.373 e. The lowest BCUT2D eigenvalue weighted by Gasteiger charge is -2.03. The van der Waals surface area contributed by atoms with Gasteiger partial charge in [-0.15, -0.1) is 0 Å². The van der Waals surface area contributed by atoms with Gasteiger partial charge in [0.25, 0.3) is 5.69 Å². The predicted molar refractivity (Wildman–Crippen MR) is 65.6 cm³/mol. The van der Waals surface area contributed by atoms with Crippen LogP contribution in [0.25, 0.3) is 0 Å². The minimum atomic E-state index is -0.486.